The zero-order chi connectivity index (χ0) is 11.5. The third kappa shape index (κ3) is 11.0. The van der Waals surface area contributed by atoms with Crippen molar-refractivity contribution in [2.75, 3.05) is 20.3 Å². The average Bonchev–Trinajstić information content (AvgIpc) is 2.17. The van der Waals surface area contributed by atoms with E-state index in [1.807, 2.05) is 0 Å². The summed E-state index contributed by atoms with van der Waals surface area (Å²) in [6, 6.07) is 0. The Morgan fingerprint density at radius 1 is 1.00 bits per heavy atom. The normalized spacial score (nSPS) is 10.0. The van der Waals surface area contributed by atoms with E-state index in [1.165, 1.54) is 6.92 Å². The van der Waals surface area contributed by atoms with Crippen LogP contribution in [0.5, 0.6) is 0 Å². The van der Waals surface area contributed by atoms with Crippen molar-refractivity contribution in [1.82, 2.24) is 0 Å². The fourth-order valence-corrected chi connectivity index (χ4v) is 1.09. The van der Waals surface area contributed by atoms with Gasteiger partial charge in [-0.25, -0.2) is 0 Å². The van der Waals surface area contributed by atoms with Crippen LogP contribution in [0.25, 0.3) is 0 Å². The first-order valence-electron chi connectivity index (χ1n) is 5.31. The molecule has 0 unspecified atom stereocenters. The Bertz CT molecular complexity index is 189. The minimum atomic E-state index is -0.214. The van der Waals surface area contributed by atoms with E-state index in [0.29, 0.717) is 32.5 Å². The van der Waals surface area contributed by atoms with Crippen LogP contribution < -0.4 is 0 Å². The predicted molar refractivity (Wildman–Crippen MR) is 56.6 cm³/mol. The van der Waals surface area contributed by atoms with Crippen LogP contribution in [0, 0.1) is 0 Å². The summed E-state index contributed by atoms with van der Waals surface area (Å²) in [5, 5.41) is 0. The van der Waals surface area contributed by atoms with Crippen LogP contribution in [0.2, 0.25) is 0 Å². The van der Waals surface area contributed by atoms with E-state index in [-0.39, 0.29) is 11.8 Å². The van der Waals surface area contributed by atoms with E-state index in [1.54, 1.807) is 7.11 Å². The fourth-order valence-electron chi connectivity index (χ4n) is 1.09. The molecule has 0 aliphatic heterocycles. The fraction of sp³-hybridized carbons (Fsp3) is 0.818. The molecule has 0 radical (unpaired) electrons. The first kappa shape index (κ1) is 14.1. The number of Topliss-reactive ketones (excluding diaryl/α,β-unsaturated/α-hetero) is 1. The van der Waals surface area contributed by atoms with E-state index in [9.17, 15) is 9.59 Å². The summed E-state index contributed by atoms with van der Waals surface area (Å²) in [6.45, 7) is 2.67. The molecule has 0 spiro atoms. The Labute approximate surface area is 90.9 Å². The maximum Gasteiger partial charge on any atom is 0.305 e. The largest absolute Gasteiger partial charge is 0.466 e. The first-order chi connectivity index (χ1) is 7.16. The van der Waals surface area contributed by atoms with Crippen molar-refractivity contribution in [3.8, 4) is 0 Å². The molecular formula is C11H20O4. The molecule has 0 aromatic rings. The van der Waals surface area contributed by atoms with Crippen LogP contribution in [0.4, 0.5) is 0 Å². The molecule has 0 heterocycles. The summed E-state index contributed by atoms with van der Waals surface area (Å²) >= 11 is 0. The molecule has 15 heavy (non-hydrogen) atoms. The highest BCUT2D eigenvalue weighted by atomic mass is 16.5. The highest BCUT2D eigenvalue weighted by Crippen LogP contribution is 1.99. The van der Waals surface area contributed by atoms with Crippen LogP contribution in [-0.2, 0) is 19.1 Å². The summed E-state index contributed by atoms with van der Waals surface area (Å²) < 4.78 is 9.83. The number of ketones is 1. The molecule has 0 amide bonds. The third-order valence-electron chi connectivity index (χ3n) is 1.92. The maximum atomic E-state index is 11.1. The summed E-state index contributed by atoms with van der Waals surface area (Å²) in [5.74, 6) is -0.100. The number of ether oxygens (including phenoxy) is 2. The minimum absolute atomic E-state index is 0.114. The van der Waals surface area contributed by atoms with Gasteiger partial charge in [0.25, 0.3) is 0 Å². The number of rotatable bonds is 9. The number of hydrogen-bond donors (Lipinski definition) is 0. The second-order valence-corrected chi connectivity index (χ2v) is 3.48. The van der Waals surface area contributed by atoms with Gasteiger partial charge < -0.3 is 14.3 Å². The molecule has 0 rings (SSSR count). The molecule has 0 atom stereocenters. The van der Waals surface area contributed by atoms with Gasteiger partial charge in [0.05, 0.1) is 6.61 Å². The number of esters is 1. The lowest BCUT2D eigenvalue weighted by molar-refractivity contribution is -0.143. The van der Waals surface area contributed by atoms with Gasteiger partial charge in [-0.15, -0.1) is 0 Å². The van der Waals surface area contributed by atoms with Gasteiger partial charge >= 0.3 is 5.97 Å². The number of hydrogen-bond acceptors (Lipinski definition) is 4. The molecule has 0 aromatic heterocycles. The van der Waals surface area contributed by atoms with Gasteiger partial charge in [0, 0.05) is 26.6 Å². The lowest BCUT2D eigenvalue weighted by Crippen LogP contribution is -2.07. The minimum Gasteiger partial charge on any atom is -0.466 e. The molecule has 0 bridgehead atoms. The Morgan fingerprint density at radius 2 is 1.67 bits per heavy atom. The van der Waals surface area contributed by atoms with Crippen LogP contribution in [0.3, 0.4) is 0 Å². The van der Waals surface area contributed by atoms with Crippen molar-refractivity contribution in [3.05, 3.63) is 0 Å². The molecule has 0 aliphatic rings. The SMILES string of the molecule is COCCCCOC(=O)CCCC(C)=O. The monoisotopic (exact) mass is 216 g/mol. The van der Waals surface area contributed by atoms with Gasteiger partial charge in [-0.2, -0.15) is 0 Å². The summed E-state index contributed by atoms with van der Waals surface area (Å²) in [4.78, 5) is 21.7. The van der Waals surface area contributed by atoms with Crippen LogP contribution >= 0.6 is 0 Å². The molecular weight excluding hydrogens is 196 g/mol. The summed E-state index contributed by atoms with van der Waals surface area (Å²) in [6.07, 6.45) is 3.11. The topological polar surface area (TPSA) is 52.6 Å². The first-order valence-corrected chi connectivity index (χ1v) is 5.31. The van der Waals surface area contributed by atoms with Gasteiger partial charge in [0.1, 0.15) is 5.78 Å². The summed E-state index contributed by atoms with van der Waals surface area (Å²) in [7, 11) is 1.65. The standard InChI is InChI=1S/C11H20O4/c1-10(12)6-5-7-11(13)15-9-4-3-8-14-2/h3-9H2,1-2H3. The van der Waals surface area contributed by atoms with Crippen LogP contribution in [0.1, 0.15) is 39.0 Å². The van der Waals surface area contributed by atoms with Gasteiger partial charge in [0.15, 0.2) is 0 Å². The van der Waals surface area contributed by atoms with Crippen LogP contribution in [-0.4, -0.2) is 32.1 Å². The molecule has 0 N–H and O–H groups in total. The summed E-state index contributed by atoms with van der Waals surface area (Å²) in [5.41, 5.74) is 0. The van der Waals surface area contributed by atoms with Gasteiger partial charge in [0.2, 0.25) is 0 Å². The van der Waals surface area contributed by atoms with E-state index >= 15 is 0 Å². The van der Waals surface area contributed by atoms with Gasteiger partial charge in [-0.1, -0.05) is 0 Å². The third-order valence-corrected chi connectivity index (χ3v) is 1.92. The van der Waals surface area contributed by atoms with E-state index < -0.39 is 0 Å². The van der Waals surface area contributed by atoms with Gasteiger partial charge in [-0.05, 0) is 26.2 Å². The van der Waals surface area contributed by atoms with Crippen molar-refractivity contribution < 1.29 is 19.1 Å². The van der Waals surface area contributed by atoms with E-state index in [0.717, 1.165) is 12.8 Å². The number of carbonyl (C=O) groups excluding carboxylic acids is 2. The molecule has 0 aliphatic carbocycles. The molecule has 88 valence electrons. The Kier molecular flexibility index (Phi) is 9.07. The molecule has 0 saturated heterocycles. The molecule has 4 nitrogen and oxygen atoms in total. The predicted octanol–water partition coefficient (Wildman–Crippen LogP) is 1.72. The van der Waals surface area contributed by atoms with Crippen molar-refractivity contribution in [2.45, 2.75) is 39.0 Å². The molecule has 0 fully saturated rings. The molecule has 4 heteroatoms. The van der Waals surface area contributed by atoms with Crippen molar-refractivity contribution in [2.24, 2.45) is 0 Å². The quantitative estimate of drug-likeness (QED) is 0.435. The zero-order valence-corrected chi connectivity index (χ0v) is 9.58. The Morgan fingerprint density at radius 3 is 2.27 bits per heavy atom. The number of unbranched alkanes of at least 4 members (excludes halogenated alkanes) is 1. The number of carbonyl (C=O) groups is 2. The highest BCUT2D eigenvalue weighted by molar-refractivity contribution is 5.76. The highest BCUT2D eigenvalue weighted by Gasteiger charge is 2.03. The van der Waals surface area contributed by atoms with Crippen LogP contribution in [0.15, 0.2) is 0 Å². The van der Waals surface area contributed by atoms with Crippen molar-refractivity contribution in [1.29, 1.82) is 0 Å². The zero-order valence-electron chi connectivity index (χ0n) is 9.58. The second kappa shape index (κ2) is 9.65. The van der Waals surface area contributed by atoms with E-state index in [4.69, 9.17) is 9.47 Å². The Balaban J connectivity index is 3.22. The smallest absolute Gasteiger partial charge is 0.305 e. The van der Waals surface area contributed by atoms with Crippen molar-refractivity contribution >= 4 is 11.8 Å². The van der Waals surface area contributed by atoms with Crippen molar-refractivity contribution in [3.63, 3.8) is 0 Å². The average molecular weight is 216 g/mol. The van der Waals surface area contributed by atoms with Gasteiger partial charge in [-0.3, -0.25) is 4.79 Å². The maximum absolute atomic E-state index is 11.1. The molecule has 0 aromatic carbocycles. The second-order valence-electron chi connectivity index (χ2n) is 3.48. The number of methoxy groups -OCH3 is 1. The lowest BCUT2D eigenvalue weighted by Gasteiger charge is -2.03. The molecule has 0 saturated carbocycles. The Hall–Kier alpha value is -0.900. The van der Waals surface area contributed by atoms with E-state index in [2.05, 4.69) is 0 Å². The lowest BCUT2D eigenvalue weighted by atomic mass is 10.2.